The van der Waals surface area contributed by atoms with E-state index in [0.717, 1.165) is 5.56 Å². The highest BCUT2D eigenvalue weighted by molar-refractivity contribution is 7.89. The topological polar surface area (TPSA) is 64.5 Å². The Hall–Kier alpha value is -1.38. The van der Waals surface area contributed by atoms with Gasteiger partial charge in [0.25, 0.3) is 0 Å². The highest BCUT2D eigenvalue weighted by atomic mass is 32.2. The fourth-order valence-electron chi connectivity index (χ4n) is 0.876. The van der Waals surface area contributed by atoms with Gasteiger partial charge in [0.15, 0.2) is 0 Å². The Kier molecular flexibility index (Phi) is 2.66. The van der Waals surface area contributed by atoms with E-state index in [9.17, 15) is 8.42 Å². The molecule has 0 spiro atoms. The van der Waals surface area contributed by atoms with E-state index in [4.69, 9.17) is 11.7 Å². The number of primary sulfonamides is 1. The fourth-order valence-corrected chi connectivity index (χ4v) is 1.39. The quantitative estimate of drug-likeness (QED) is 0.709. The normalized spacial score (nSPS) is 10.8. The van der Waals surface area contributed by atoms with Gasteiger partial charge in [0.2, 0.25) is 16.6 Å². The molecule has 4 nitrogen and oxygen atoms in total. The summed E-state index contributed by atoms with van der Waals surface area (Å²) in [7, 11) is -3.61. The second-order valence-electron chi connectivity index (χ2n) is 2.51. The molecular formula is C8H8N2O2S. The van der Waals surface area contributed by atoms with Gasteiger partial charge in [-0.25, -0.2) is 20.1 Å². The van der Waals surface area contributed by atoms with Crippen molar-refractivity contribution < 1.29 is 8.42 Å². The van der Waals surface area contributed by atoms with Gasteiger partial charge in [0, 0.05) is 5.56 Å². The molecule has 1 aromatic rings. The molecule has 0 heterocycles. The summed E-state index contributed by atoms with van der Waals surface area (Å²) in [4.78, 5) is 3.24. The van der Waals surface area contributed by atoms with Gasteiger partial charge in [-0.1, -0.05) is 12.1 Å². The lowest BCUT2D eigenvalue weighted by atomic mass is 10.2. The Bertz CT molecular complexity index is 428. The Balaban J connectivity index is 3.03. The molecule has 1 aromatic carbocycles. The maximum atomic E-state index is 10.8. The van der Waals surface area contributed by atoms with E-state index in [2.05, 4.69) is 4.85 Å². The monoisotopic (exact) mass is 196 g/mol. The SMILES string of the molecule is [C-]#[N+]Cc1ccc(S(N)(=O)=O)cc1. The van der Waals surface area contributed by atoms with E-state index in [0.29, 0.717) is 0 Å². The summed E-state index contributed by atoms with van der Waals surface area (Å²) in [6, 6.07) is 5.96. The number of benzene rings is 1. The Morgan fingerprint density at radius 1 is 1.31 bits per heavy atom. The molecule has 5 heteroatoms. The first-order valence-electron chi connectivity index (χ1n) is 3.49. The Morgan fingerprint density at radius 2 is 1.85 bits per heavy atom. The van der Waals surface area contributed by atoms with Crippen LogP contribution < -0.4 is 5.14 Å². The predicted octanol–water partition coefficient (Wildman–Crippen LogP) is 0.753. The van der Waals surface area contributed by atoms with Crippen molar-refractivity contribution >= 4 is 10.0 Å². The van der Waals surface area contributed by atoms with Gasteiger partial charge in [-0.3, -0.25) is 0 Å². The maximum absolute atomic E-state index is 10.8. The number of rotatable bonds is 2. The van der Waals surface area contributed by atoms with Crippen LogP contribution >= 0.6 is 0 Å². The van der Waals surface area contributed by atoms with Crippen molar-refractivity contribution in [3.05, 3.63) is 41.2 Å². The van der Waals surface area contributed by atoms with Crippen LogP contribution in [-0.4, -0.2) is 8.42 Å². The number of hydrogen-bond acceptors (Lipinski definition) is 2. The summed E-state index contributed by atoms with van der Waals surface area (Å²) in [5, 5.41) is 4.89. The average molecular weight is 196 g/mol. The van der Waals surface area contributed by atoms with Gasteiger partial charge in [-0.05, 0) is 12.1 Å². The molecule has 0 aliphatic carbocycles. The minimum atomic E-state index is -3.61. The summed E-state index contributed by atoms with van der Waals surface area (Å²) in [6.45, 7) is 6.85. The van der Waals surface area contributed by atoms with Crippen molar-refractivity contribution in [2.75, 3.05) is 0 Å². The summed E-state index contributed by atoms with van der Waals surface area (Å²) < 4.78 is 21.6. The van der Waals surface area contributed by atoms with Crippen molar-refractivity contribution in [1.82, 2.24) is 0 Å². The Morgan fingerprint density at radius 3 is 2.23 bits per heavy atom. The first-order valence-corrected chi connectivity index (χ1v) is 5.03. The molecule has 0 unspecified atom stereocenters. The Labute approximate surface area is 76.9 Å². The first kappa shape index (κ1) is 9.71. The highest BCUT2D eigenvalue weighted by Crippen LogP contribution is 2.09. The van der Waals surface area contributed by atoms with Crippen molar-refractivity contribution in [3.63, 3.8) is 0 Å². The lowest BCUT2D eigenvalue weighted by Crippen LogP contribution is -2.11. The van der Waals surface area contributed by atoms with Crippen LogP contribution in [0.2, 0.25) is 0 Å². The molecule has 0 bridgehead atoms. The van der Waals surface area contributed by atoms with E-state index < -0.39 is 10.0 Å². The van der Waals surface area contributed by atoms with E-state index in [1.165, 1.54) is 12.1 Å². The number of nitrogens with two attached hydrogens (primary N) is 1. The molecule has 68 valence electrons. The lowest BCUT2D eigenvalue weighted by Gasteiger charge is -1.97. The molecule has 0 radical (unpaired) electrons. The van der Waals surface area contributed by atoms with Gasteiger partial charge < -0.3 is 4.85 Å². The third-order valence-electron chi connectivity index (χ3n) is 1.51. The molecule has 0 aromatic heterocycles. The zero-order valence-electron chi connectivity index (χ0n) is 6.77. The second kappa shape index (κ2) is 3.56. The molecule has 0 aliphatic heterocycles. The van der Waals surface area contributed by atoms with Crippen molar-refractivity contribution in [2.45, 2.75) is 11.4 Å². The lowest BCUT2D eigenvalue weighted by molar-refractivity contribution is 0.598. The van der Waals surface area contributed by atoms with Crippen LogP contribution in [0, 0.1) is 6.57 Å². The minimum Gasteiger partial charge on any atom is -0.312 e. The molecule has 0 atom stereocenters. The van der Waals surface area contributed by atoms with E-state index in [1.807, 2.05) is 0 Å². The van der Waals surface area contributed by atoms with Gasteiger partial charge in [-0.2, -0.15) is 0 Å². The van der Waals surface area contributed by atoms with E-state index in [-0.39, 0.29) is 11.4 Å². The molecular weight excluding hydrogens is 188 g/mol. The van der Waals surface area contributed by atoms with Gasteiger partial charge in [-0.15, -0.1) is 0 Å². The zero-order chi connectivity index (χ0) is 9.90. The molecule has 0 saturated heterocycles. The molecule has 0 fully saturated rings. The van der Waals surface area contributed by atoms with Crippen molar-refractivity contribution in [3.8, 4) is 0 Å². The van der Waals surface area contributed by atoms with Crippen molar-refractivity contribution in [2.24, 2.45) is 5.14 Å². The number of nitrogens with zero attached hydrogens (tertiary/aromatic N) is 1. The molecule has 0 amide bonds. The summed E-state index contributed by atoms with van der Waals surface area (Å²) >= 11 is 0. The largest absolute Gasteiger partial charge is 0.312 e. The van der Waals surface area contributed by atoms with Gasteiger partial charge >= 0.3 is 0 Å². The number of sulfonamides is 1. The van der Waals surface area contributed by atoms with Crippen LogP contribution in [0.15, 0.2) is 29.2 Å². The molecule has 2 N–H and O–H groups in total. The van der Waals surface area contributed by atoms with Crippen LogP contribution in [0.25, 0.3) is 4.85 Å². The second-order valence-corrected chi connectivity index (χ2v) is 4.07. The average Bonchev–Trinajstić information content (AvgIpc) is 2.04. The van der Waals surface area contributed by atoms with Gasteiger partial charge in [0.1, 0.15) is 0 Å². The highest BCUT2D eigenvalue weighted by Gasteiger charge is 2.06. The van der Waals surface area contributed by atoms with E-state index >= 15 is 0 Å². The molecule has 13 heavy (non-hydrogen) atoms. The number of hydrogen-bond donors (Lipinski definition) is 1. The summed E-state index contributed by atoms with van der Waals surface area (Å²) in [6.07, 6.45) is 0. The van der Waals surface area contributed by atoms with Crippen LogP contribution in [0.4, 0.5) is 0 Å². The smallest absolute Gasteiger partial charge is 0.239 e. The van der Waals surface area contributed by atoms with Crippen LogP contribution in [0.1, 0.15) is 5.56 Å². The molecule has 0 saturated carbocycles. The first-order chi connectivity index (χ1) is 6.04. The van der Waals surface area contributed by atoms with E-state index in [1.54, 1.807) is 12.1 Å². The standard InChI is InChI=1S/C8H8N2O2S/c1-10-6-7-2-4-8(5-3-7)13(9,11)12/h2-5H,6H2,(H2,9,11,12). The minimum absolute atomic E-state index is 0.0706. The summed E-state index contributed by atoms with van der Waals surface area (Å²) in [5.74, 6) is 0. The zero-order valence-corrected chi connectivity index (χ0v) is 7.58. The molecule has 1 rings (SSSR count). The van der Waals surface area contributed by atoms with Crippen LogP contribution in [0.5, 0.6) is 0 Å². The van der Waals surface area contributed by atoms with Crippen LogP contribution in [-0.2, 0) is 16.6 Å². The molecule has 0 aliphatic rings. The summed E-state index contributed by atoms with van der Waals surface area (Å²) in [5.41, 5.74) is 0.780. The maximum Gasteiger partial charge on any atom is 0.239 e. The van der Waals surface area contributed by atoms with Crippen molar-refractivity contribution in [1.29, 1.82) is 0 Å². The third kappa shape index (κ3) is 2.54. The van der Waals surface area contributed by atoms with Crippen LogP contribution in [0.3, 0.4) is 0 Å². The van der Waals surface area contributed by atoms with Gasteiger partial charge in [0.05, 0.1) is 4.90 Å². The predicted molar refractivity (Wildman–Crippen MR) is 48.1 cm³/mol. The third-order valence-corrected chi connectivity index (χ3v) is 2.44. The fraction of sp³-hybridized carbons (Fsp3) is 0.125.